The minimum absolute atomic E-state index is 0.167. The number of carbonyl (C=O) groups excluding carboxylic acids is 1. The molecule has 1 N–H and O–H groups in total. The maximum atomic E-state index is 12.8. The smallest absolute Gasteiger partial charge is 0.410 e. The van der Waals surface area contributed by atoms with E-state index in [1.54, 1.807) is 6.26 Å². The van der Waals surface area contributed by atoms with Crippen molar-refractivity contribution in [3.8, 4) is 0 Å². The summed E-state index contributed by atoms with van der Waals surface area (Å²) in [5.41, 5.74) is -0.465. The van der Waals surface area contributed by atoms with Gasteiger partial charge in [0.25, 0.3) is 0 Å². The molecule has 1 saturated heterocycles. The Morgan fingerprint density at radius 3 is 2.62 bits per heavy atom. The number of aliphatic imine (C=N–C) groups is 1. The molecule has 1 saturated carbocycles. The predicted octanol–water partition coefficient (Wildman–Crippen LogP) is 3.87. The Labute approximate surface area is 192 Å². The molecule has 1 aromatic rings. The van der Waals surface area contributed by atoms with Crippen LogP contribution in [0.25, 0.3) is 0 Å². The molecule has 0 radical (unpaired) electrons. The third-order valence-electron chi connectivity index (χ3n) is 5.77. The van der Waals surface area contributed by atoms with Crippen LogP contribution in [-0.2, 0) is 16.1 Å². The van der Waals surface area contributed by atoms with E-state index in [1.807, 2.05) is 44.9 Å². The molecule has 0 bridgehead atoms. The summed E-state index contributed by atoms with van der Waals surface area (Å²) in [6.07, 6.45) is 6.69. The molecule has 8 heteroatoms. The molecule has 32 heavy (non-hydrogen) atoms. The average Bonchev–Trinajstić information content (AvgIpc) is 3.43. The zero-order chi connectivity index (χ0) is 23.0. The van der Waals surface area contributed by atoms with Crippen LogP contribution in [0.2, 0.25) is 0 Å². The summed E-state index contributed by atoms with van der Waals surface area (Å²) in [4.78, 5) is 21.6. The number of furan rings is 1. The van der Waals surface area contributed by atoms with E-state index in [9.17, 15) is 4.79 Å². The molecule has 1 aliphatic carbocycles. The largest absolute Gasteiger partial charge is 0.467 e. The number of nitrogens with zero attached hydrogens (tertiary/aromatic N) is 3. The van der Waals surface area contributed by atoms with Crippen LogP contribution in [0, 0.1) is 5.92 Å². The molecule has 8 nitrogen and oxygen atoms in total. The number of ether oxygens (including phenoxy) is 2. The number of hydrogen-bond donors (Lipinski definition) is 1. The fourth-order valence-corrected chi connectivity index (χ4v) is 3.94. The first-order valence-corrected chi connectivity index (χ1v) is 11.9. The van der Waals surface area contributed by atoms with Crippen molar-refractivity contribution in [2.24, 2.45) is 10.9 Å². The van der Waals surface area contributed by atoms with Crippen LogP contribution < -0.4 is 5.32 Å². The summed E-state index contributed by atoms with van der Waals surface area (Å²) in [5.74, 6) is 2.41. The number of amides is 1. The SMILES string of the molecule is CN=C(NCCCOCc1ccco1)N1CCC(N(CC2CC2)C(=O)OC(C)(C)C)CC1. The van der Waals surface area contributed by atoms with Gasteiger partial charge in [0.1, 0.15) is 18.0 Å². The van der Waals surface area contributed by atoms with E-state index in [4.69, 9.17) is 13.9 Å². The molecule has 2 heterocycles. The number of rotatable bonds is 9. The van der Waals surface area contributed by atoms with Crippen LogP contribution in [0.4, 0.5) is 4.79 Å². The quantitative estimate of drug-likeness (QED) is 0.351. The van der Waals surface area contributed by atoms with Gasteiger partial charge in [-0.25, -0.2) is 4.79 Å². The monoisotopic (exact) mass is 448 g/mol. The topological polar surface area (TPSA) is 79.5 Å². The van der Waals surface area contributed by atoms with Crippen LogP contribution in [0.15, 0.2) is 27.8 Å². The van der Waals surface area contributed by atoms with Gasteiger partial charge >= 0.3 is 6.09 Å². The van der Waals surface area contributed by atoms with Crippen molar-refractivity contribution in [1.29, 1.82) is 0 Å². The summed E-state index contributed by atoms with van der Waals surface area (Å²) < 4.78 is 16.6. The van der Waals surface area contributed by atoms with E-state index < -0.39 is 5.60 Å². The number of likely N-dealkylation sites (tertiary alicyclic amines) is 1. The number of hydrogen-bond acceptors (Lipinski definition) is 5. The molecular formula is C24H40N4O4. The zero-order valence-electron chi connectivity index (χ0n) is 20.1. The summed E-state index contributed by atoms with van der Waals surface area (Å²) in [6, 6.07) is 4.01. The first-order valence-electron chi connectivity index (χ1n) is 11.9. The minimum Gasteiger partial charge on any atom is -0.467 e. The zero-order valence-corrected chi connectivity index (χ0v) is 20.1. The Morgan fingerprint density at radius 2 is 2.03 bits per heavy atom. The van der Waals surface area contributed by atoms with Gasteiger partial charge in [0.2, 0.25) is 0 Å². The lowest BCUT2D eigenvalue weighted by Crippen LogP contribution is -2.52. The predicted molar refractivity (Wildman–Crippen MR) is 125 cm³/mol. The lowest BCUT2D eigenvalue weighted by molar-refractivity contribution is 0.00928. The first-order chi connectivity index (χ1) is 15.4. The highest BCUT2D eigenvalue weighted by Crippen LogP contribution is 2.32. The Bertz CT molecular complexity index is 717. The van der Waals surface area contributed by atoms with Gasteiger partial charge in [-0.3, -0.25) is 4.99 Å². The van der Waals surface area contributed by atoms with Gasteiger partial charge in [-0.1, -0.05) is 0 Å². The fourth-order valence-electron chi connectivity index (χ4n) is 3.94. The van der Waals surface area contributed by atoms with E-state index in [2.05, 4.69) is 15.2 Å². The number of carbonyl (C=O) groups is 1. The van der Waals surface area contributed by atoms with Crippen molar-refractivity contribution < 1.29 is 18.7 Å². The summed E-state index contributed by atoms with van der Waals surface area (Å²) in [6.45, 7) is 10.3. The second kappa shape index (κ2) is 11.6. The Morgan fingerprint density at radius 1 is 1.28 bits per heavy atom. The van der Waals surface area contributed by atoms with Crippen LogP contribution in [0.3, 0.4) is 0 Å². The highest BCUT2D eigenvalue weighted by molar-refractivity contribution is 5.80. The molecule has 0 atom stereocenters. The molecular weight excluding hydrogens is 408 g/mol. The molecule has 3 rings (SSSR count). The number of guanidine groups is 1. The molecule has 2 aliphatic rings. The normalized spacial score (nSPS) is 18.0. The highest BCUT2D eigenvalue weighted by Gasteiger charge is 2.35. The van der Waals surface area contributed by atoms with Gasteiger partial charge in [0, 0.05) is 45.9 Å². The summed E-state index contributed by atoms with van der Waals surface area (Å²) in [7, 11) is 1.82. The standard InChI is InChI=1S/C24H40N4O4/c1-24(2,3)32-23(29)28(17-19-8-9-19)20-10-13-27(14-11-20)22(25-4)26-12-6-15-30-18-21-7-5-16-31-21/h5,7,16,19-20H,6,8-15,17-18H2,1-4H3,(H,25,26). The van der Waals surface area contributed by atoms with E-state index in [1.165, 1.54) is 12.8 Å². The highest BCUT2D eigenvalue weighted by atomic mass is 16.6. The molecule has 1 amide bonds. The summed E-state index contributed by atoms with van der Waals surface area (Å²) >= 11 is 0. The second-order valence-corrected chi connectivity index (χ2v) is 9.75. The van der Waals surface area contributed by atoms with Crippen LogP contribution in [0.5, 0.6) is 0 Å². The van der Waals surface area contributed by atoms with Crippen molar-refractivity contribution in [2.75, 3.05) is 39.8 Å². The Kier molecular flexibility index (Phi) is 8.84. The van der Waals surface area contributed by atoms with Crippen LogP contribution >= 0.6 is 0 Å². The lowest BCUT2D eigenvalue weighted by Gasteiger charge is -2.40. The van der Waals surface area contributed by atoms with E-state index in [0.29, 0.717) is 19.1 Å². The molecule has 0 aromatic carbocycles. The van der Waals surface area contributed by atoms with Crippen molar-refractivity contribution in [1.82, 2.24) is 15.1 Å². The molecule has 0 unspecified atom stereocenters. The Balaban J connectivity index is 1.39. The third kappa shape index (κ3) is 8.04. The molecule has 0 spiro atoms. The molecule has 1 aliphatic heterocycles. The number of nitrogens with one attached hydrogen (secondary N) is 1. The van der Waals surface area contributed by atoms with Gasteiger partial charge in [-0.2, -0.15) is 0 Å². The molecule has 1 aromatic heterocycles. The van der Waals surface area contributed by atoms with E-state index >= 15 is 0 Å². The van der Waals surface area contributed by atoms with E-state index in [0.717, 1.165) is 57.2 Å². The lowest BCUT2D eigenvalue weighted by atomic mass is 10.0. The average molecular weight is 449 g/mol. The van der Waals surface area contributed by atoms with Crippen molar-refractivity contribution >= 4 is 12.1 Å². The van der Waals surface area contributed by atoms with Crippen molar-refractivity contribution in [2.45, 2.75) is 71.1 Å². The van der Waals surface area contributed by atoms with Gasteiger partial charge in [-0.05, 0) is 70.9 Å². The third-order valence-corrected chi connectivity index (χ3v) is 5.77. The first kappa shape index (κ1) is 24.4. The van der Waals surface area contributed by atoms with E-state index in [-0.39, 0.29) is 12.1 Å². The minimum atomic E-state index is -0.465. The van der Waals surface area contributed by atoms with Crippen LogP contribution in [0.1, 0.15) is 58.6 Å². The maximum Gasteiger partial charge on any atom is 0.410 e. The summed E-state index contributed by atoms with van der Waals surface area (Å²) in [5, 5.41) is 3.44. The van der Waals surface area contributed by atoms with Crippen molar-refractivity contribution in [3.63, 3.8) is 0 Å². The second-order valence-electron chi connectivity index (χ2n) is 9.75. The van der Waals surface area contributed by atoms with Gasteiger partial charge in [0.15, 0.2) is 5.96 Å². The van der Waals surface area contributed by atoms with Crippen LogP contribution in [-0.4, -0.2) is 73.3 Å². The number of piperidine rings is 1. The molecule has 180 valence electrons. The van der Waals surface area contributed by atoms with Gasteiger partial charge < -0.3 is 29.0 Å². The Hall–Kier alpha value is -2.22. The van der Waals surface area contributed by atoms with Gasteiger partial charge in [0.05, 0.1) is 6.26 Å². The maximum absolute atomic E-state index is 12.8. The van der Waals surface area contributed by atoms with Crippen molar-refractivity contribution in [3.05, 3.63) is 24.2 Å². The fraction of sp³-hybridized carbons (Fsp3) is 0.750. The molecule has 2 fully saturated rings. The van der Waals surface area contributed by atoms with Gasteiger partial charge in [-0.15, -0.1) is 0 Å².